The molecule has 2 aromatic rings. The number of nitrogens with zero attached hydrogens (tertiary/aromatic N) is 2. The maximum Gasteiger partial charge on any atom is 0.244 e. The molecule has 1 aromatic heterocycles. The van der Waals surface area contributed by atoms with E-state index in [0.29, 0.717) is 18.5 Å². The minimum atomic E-state index is -0.995. The van der Waals surface area contributed by atoms with Gasteiger partial charge >= 0.3 is 0 Å². The molecule has 1 aliphatic heterocycles. The molecule has 2 atom stereocenters. The monoisotopic (exact) mass is 364 g/mol. The molecule has 1 saturated heterocycles. The summed E-state index contributed by atoms with van der Waals surface area (Å²) in [4.78, 5) is 29.1. The Hall–Kier alpha value is -2.51. The van der Waals surface area contributed by atoms with Crippen molar-refractivity contribution in [3.63, 3.8) is 0 Å². The molecule has 2 N–H and O–H groups in total. The molecule has 140 valence electrons. The third-order valence-electron chi connectivity index (χ3n) is 4.67. The van der Waals surface area contributed by atoms with Gasteiger partial charge < -0.3 is 15.2 Å². The van der Waals surface area contributed by atoms with Gasteiger partial charge in [0, 0.05) is 18.7 Å². The maximum atomic E-state index is 13.7. The average Bonchev–Trinajstić information content (AvgIpc) is 2.84. The van der Waals surface area contributed by atoms with Crippen LogP contribution in [-0.4, -0.2) is 34.0 Å². The van der Waals surface area contributed by atoms with Crippen LogP contribution >= 0.6 is 0 Å². The summed E-state index contributed by atoms with van der Waals surface area (Å²) < 4.78 is 28.6. The van der Waals surface area contributed by atoms with Crippen molar-refractivity contribution in [3.05, 3.63) is 30.1 Å². The van der Waals surface area contributed by atoms with Gasteiger partial charge in [-0.2, -0.15) is 0 Å². The Kier molecular flexibility index (Phi) is 5.20. The summed E-state index contributed by atoms with van der Waals surface area (Å²) in [6.45, 7) is 4.31. The summed E-state index contributed by atoms with van der Waals surface area (Å²) in [5, 5.41) is 5.58. The Morgan fingerprint density at radius 3 is 2.77 bits per heavy atom. The summed E-state index contributed by atoms with van der Waals surface area (Å²) in [5.41, 5.74) is 0.609. The zero-order valence-electron chi connectivity index (χ0n) is 14.8. The van der Waals surface area contributed by atoms with Crippen LogP contribution in [0.1, 0.15) is 39.2 Å². The first-order chi connectivity index (χ1) is 12.4. The van der Waals surface area contributed by atoms with Gasteiger partial charge in [-0.05, 0) is 25.2 Å². The molecule has 1 fully saturated rings. The van der Waals surface area contributed by atoms with Crippen LogP contribution in [0, 0.1) is 17.6 Å². The van der Waals surface area contributed by atoms with Crippen LogP contribution in [0.5, 0.6) is 0 Å². The van der Waals surface area contributed by atoms with E-state index in [0.717, 1.165) is 25.0 Å². The number of halogens is 2. The lowest BCUT2D eigenvalue weighted by molar-refractivity contribution is -0.131. The van der Waals surface area contributed by atoms with E-state index < -0.39 is 23.7 Å². The van der Waals surface area contributed by atoms with Gasteiger partial charge in [0.15, 0.2) is 11.6 Å². The summed E-state index contributed by atoms with van der Waals surface area (Å²) in [6.07, 6.45) is 3.70. The van der Waals surface area contributed by atoms with E-state index in [9.17, 15) is 18.4 Å². The van der Waals surface area contributed by atoms with Gasteiger partial charge in [0.1, 0.15) is 12.1 Å². The number of benzene rings is 1. The summed E-state index contributed by atoms with van der Waals surface area (Å²) in [6, 6.07) is 0.768. The van der Waals surface area contributed by atoms with Gasteiger partial charge in [-0.1, -0.05) is 13.8 Å². The fourth-order valence-corrected chi connectivity index (χ4v) is 3.33. The molecule has 0 saturated carbocycles. The highest BCUT2D eigenvalue weighted by molar-refractivity contribution is 5.90. The first-order valence-corrected chi connectivity index (χ1v) is 8.78. The molecule has 0 aliphatic carbocycles. The molecule has 1 aromatic carbocycles. The zero-order chi connectivity index (χ0) is 18.8. The molecule has 3 rings (SSSR count). The predicted molar refractivity (Wildman–Crippen MR) is 92.3 cm³/mol. The van der Waals surface area contributed by atoms with Crippen LogP contribution in [-0.2, 0) is 9.59 Å². The van der Waals surface area contributed by atoms with Gasteiger partial charge in [0.05, 0.1) is 17.4 Å². The van der Waals surface area contributed by atoms with Crippen LogP contribution in [0.3, 0.4) is 0 Å². The van der Waals surface area contributed by atoms with E-state index in [4.69, 9.17) is 0 Å². The van der Waals surface area contributed by atoms with Crippen molar-refractivity contribution in [1.82, 2.24) is 20.2 Å². The first-order valence-electron chi connectivity index (χ1n) is 8.78. The molecule has 2 amide bonds. The fourth-order valence-electron chi connectivity index (χ4n) is 3.33. The van der Waals surface area contributed by atoms with Crippen molar-refractivity contribution in [3.8, 4) is 0 Å². The molecule has 2 unspecified atom stereocenters. The first kappa shape index (κ1) is 18.3. The minimum absolute atomic E-state index is 0.144. The highest BCUT2D eigenvalue weighted by Crippen LogP contribution is 2.26. The second kappa shape index (κ2) is 7.39. The van der Waals surface area contributed by atoms with Crippen LogP contribution in [0.2, 0.25) is 0 Å². The molecular formula is C18H22F2N4O2. The third kappa shape index (κ3) is 3.54. The number of imidazole rings is 1. The van der Waals surface area contributed by atoms with Gasteiger partial charge in [-0.15, -0.1) is 0 Å². The Morgan fingerprint density at radius 1 is 1.31 bits per heavy atom. The minimum Gasteiger partial charge on any atom is -0.354 e. The summed E-state index contributed by atoms with van der Waals surface area (Å²) >= 11 is 0. The topological polar surface area (TPSA) is 76.0 Å². The molecule has 0 spiro atoms. The third-order valence-corrected chi connectivity index (χ3v) is 4.67. The van der Waals surface area contributed by atoms with Crippen molar-refractivity contribution in [1.29, 1.82) is 0 Å². The molecule has 2 heterocycles. The fraction of sp³-hybridized carbons (Fsp3) is 0.500. The normalized spacial score (nSPS) is 19.3. The number of hydrogen-bond donors (Lipinski definition) is 2. The highest BCUT2D eigenvalue weighted by atomic mass is 19.2. The SMILES string of the molecule is CC(C)C(C(=O)NC1CCCCNC1=O)n1cnc2cc(F)c(F)cc21. The number of carbonyl (C=O) groups excluding carboxylic acids is 2. The van der Waals surface area contributed by atoms with Crippen LogP contribution < -0.4 is 10.6 Å². The lowest BCUT2D eigenvalue weighted by Crippen LogP contribution is -2.48. The molecule has 26 heavy (non-hydrogen) atoms. The lowest BCUT2D eigenvalue weighted by Gasteiger charge is -2.25. The summed E-state index contributed by atoms with van der Waals surface area (Å²) in [5.74, 6) is -2.66. The summed E-state index contributed by atoms with van der Waals surface area (Å²) in [7, 11) is 0. The number of hydrogen-bond acceptors (Lipinski definition) is 3. The van der Waals surface area contributed by atoms with E-state index in [1.54, 1.807) is 0 Å². The predicted octanol–water partition coefficient (Wildman–Crippen LogP) is 2.30. The molecule has 8 heteroatoms. The van der Waals surface area contributed by atoms with Gasteiger partial charge in [0.25, 0.3) is 0 Å². The van der Waals surface area contributed by atoms with Gasteiger partial charge in [0.2, 0.25) is 11.8 Å². The largest absolute Gasteiger partial charge is 0.354 e. The number of nitrogens with one attached hydrogen (secondary N) is 2. The number of aromatic nitrogens is 2. The van der Waals surface area contributed by atoms with E-state index in [2.05, 4.69) is 15.6 Å². The Bertz CT molecular complexity index is 834. The van der Waals surface area contributed by atoms with Crippen molar-refractivity contribution in [2.45, 2.75) is 45.2 Å². The number of fused-ring (bicyclic) bond motifs is 1. The van der Waals surface area contributed by atoms with Crippen molar-refractivity contribution in [2.24, 2.45) is 5.92 Å². The van der Waals surface area contributed by atoms with Gasteiger partial charge in [-0.3, -0.25) is 9.59 Å². The van der Waals surface area contributed by atoms with Crippen molar-refractivity contribution >= 4 is 22.8 Å². The Labute approximate surface area is 150 Å². The van der Waals surface area contributed by atoms with Crippen LogP contribution in [0.4, 0.5) is 8.78 Å². The Morgan fingerprint density at radius 2 is 2.04 bits per heavy atom. The van der Waals surface area contributed by atoms with Crippen molar-refractivity contribution in [2.75, 3.05) is 6.54 Å². The average molecular weight is 364 g/mol. The number of amides is 2. The van der Waals surface area contributed by atoms with Crippen LogP contribution in [0.25, 0.3) is 11.0 Å². The highest BCUT2D eigenvalue weighted by Gasteiger charge is 2.30. The molecule has 0 bridgehead atoms. The second-order valence-electron chi connectivity index (χ2n) is 6.94. The number of carbonyl (C=O) groups is 2. The number of rotatable bonds is 4. The Balaban J connectivity index is 1.90. The van der Waals surface area contributed by atoms with Gasteiger partial charge in [-0.25, -0.2) is 13.8 Å². The van der Waals surface area contributed by atoms with Crippen LogP contribution in [0.15, 0.2) is 18.5 Å². The smallest absolute Gasteiger partial charge is 0.244 e. The van der Waals surface area contributed by atoms with E-state index in [-0.39, 0.29) is 23.2 Å². The molecule has 6 nitrogen and oxygen atoms in total. The van der Waals surface area contributed by atoms with E-state index >= 15 is 0 Å². The molecular weight excluding hydrogens is 342 g/mol. The maximum absolute atomic E-state index is 13.7. The molecule has 0 radical (unpaired) electrons. The second-order valence-corrected chi connectivity index (χ2v) is 6.94. The van der Waals surface area contributed by atoms with Crippen molar-refractivity contribution < 1.29 is 18.4 Å². The quantitative estimate of drug-likeness (QED) is 0.874. The zero-order valence-corrected chi connectivity index (χ0v) is 14.8. The van der Waals surface area contributed by atoms with E-state index in [1.165, 1.54) is 10.9 Å². The molecule has 1 aliphatic rings. The van der Waals surface area contributed by atoms with E-state index in [1.807, 2.05) is 13.8 Å². The standard InChI is InChI=1S/C18H22F2N4O2/c1-10(2)16(18(26)23-13-5-3-4-6-21-17(13)25)24-9-22-14-7-11(19)12(20)8-15(14)24/h7-10,13,16H,3-6H2,1-2H3,(H,21,25)(H,23,26). The lowest BCUT2D eigenvalue weighted by atomic mass is 10.0.